The number of likely N-dealkylation sites (tertiary alicyclic amines) is 1. The maximum Gasteiger partial charge on any atom is 0.416 e. The predicted octanol–water partition coefficient (Wildman–Crippen LogP) is 4.77. The minimum atomic E-state index is -4.33. The van der Waals surface area contributed by atoms with Gasteiger partial charge in [-0.2, -0.15) is 24.9 Å². The van der Waals surface area contributed by atoms with Gasteiger partial charge in [0.1, 0.15) is 0 Å². The molecule has 1 fully saturated rings. The van der Waals surface area contributed by atoms with Crippen LogP contribution in [0.3, 0.4) is 0 Å². The molecule has 1 aromatic rings. The summed E-state index contributed by atoms with van der Waals surface area (Å²) < 4.78 is 43.8. The summed E-state index contributed by atoms with van der Waals surface area (Å²) in [5.41, 5.74) is 0.193. The minimum Gasteiger partial charge on any atom is -0.465 e. The lowest BCUT2D eigenvalue weighted by molar-refractivity contribution is -0.146. The second-order valence-electron chi connectivity index (χ2n) is 6.58. The van der Waals surface area contributed by atoms with Gasteiger partial charge in [0.2, 0.25) is 0 Å². The van der Waals surface area contributed by atoms with Crippen LogP contribution in [0.4, 0.5) is 13.2 Å². The standard InChI is InChI=1S/C19H26F3NO2S/c1-3-26-12-10-17(24)25-13-15-5-4-11-23(2)18(15)14-6-8-16(9-7-14)19(20,21)22/h6-9,15,18H,3-5,10-13H2,1-2H3. The van der Waals surface area contributed by atoms with Crippen molar-refractivity contribution in [1.29, 1.82) is 0 Å². The first-order valence-electron chi connectivity index (χ1n) is 8.93. The number of halogens is 3. The van der Waals surface area contributed by atoms with E-state index in [9.17, 15) is 18.0 Å². The number of rotatable bonds is 7. The molecular formula is C19H26F3NO2S. The zero-order chi connectivity index (χ0) is 19.2. The normalized spacial score (nSPS) is 21.6. The van der Waals surface area contributed by atoms with E-state index >= 15 is 0 Å². The molecular weight excluding hydrogens is 363 g/mol. The Labute approximate surface area is 157 Å². The fraction of sp³-hybridized carbons (Fsp3) is 0.632. The van der Waals surface area contributed by atoms with E-state index < -0.39 is 11.7 Å². The first kappa shape index (κ1) is 21.1. The summed E-state index contributed by atoms with van der Waals surface area (Å²) in [7, 11) is 1.97. The molecule has 0 aromatic heterocycles. The molecule has 26 heavy (non-hydrogen) atoms. The van der Waals surface area contributed by atoms with Crippen molar-refractivity contribution in [3.8, 4) is 0 Å². The molecule has 146 valence electrons. The van der Waals surface area contributed by atoms with Crippen LogP contribution in [0.5, 0.6) is 0 Å². The third kappa shape index (κ3) is 5.91. The van der Waals surface area contributed by atoms with Crippen LogP contribution in [-0.4, -0.2) is 42.6 Å². The molecule has 1 aliphatic heterocycles. The lowest BCUT2D eigenvalue weighted by Crippen LogP contribution is -2.38. The average Bonchev–Trinajstić information content (AvgIpc) is 2.59. The van der Waals surface area contributed by atoms with Gasteiger partial charge in [-0.15, -0.1) is 0 Å². The van der Waals surface area contributed by atoms with Crippen LogP contribution in [0.25, 0.3) is 0 Å². The highest BCUT2D eigenvalue weighted by Crippen LogP contribution is 2.37. The number of esters is 1. The molecule has 1 aliphatic rings. The van der Waals surface area contributed by atoms with Crippen LogP contribution < -0.4 is 0 Å². The third-order valence-electron chi connectivity index (χ3n) is 4.70. The van der Waals surface area contributed by atoms with Crippen molar-refractivity contribution in [3.05, 3.63) is 35.4 Å². The van der Waals surface area contributed by atoms with Gasteiger partial charge in [-0.3, -0.25) is 9.69 Å². The van der Waals surface area contributed by atoms with Crippen LogP contribution >= 0.6 is 11.8 Å². The van der Waals surface area contributed by atoms with E-state index in [0.29, 0.717) is 13.0 Å². The summed E-state index contributed by atoms with van der Waals surface area (Å²) in [6.07, 6.45) is -2.05. The number of alkyl halides is 3. The molecule has 0 saturated carbocycles. The molecule has 0 bridgehead atoms. The first-order chi connectivity index (χ1) is 12.3. The van der Waals surface area contributed by atoms with Gasteiger partial charge in [0.15, 0.2) is 0 Å². The Morgan fingerprint density at radius 2 is 2.00 bits per heavy atom. The summed E-state index contributed by atoms with van der Waals surface area (Å²) in [4.78, 5) is 14.0. The van der Waals surface area contributed by atoms with E-state index in [1.807, 2.05) is 14.0 Å². The summed E-state index contributed by atoms with van der Waals surface area (Å²) >= 11 is 1.70. The fourth-order valence-electron chi connectivity index (χ4n) is 3.40. The van der Waals surface area contributed by atoms with Crippen LogP contribution in [0.1, 0.15) is 43.4 Å². The monoisotopic (exact) mass is 389 g/mol. The maximum absolute atomic E-state index is 12.8. The molecule has 0 N–H and O–H groups in total. The van der Waals surface area contributed by atoms with Crippen LogP contribution in [-0.2, 0) is 15.7 Å². The van der Waals surface area contributed by atoms with Crippen LogP contribution in [0.15, 0.2) is 24.3 Å². The molecule has 7 heteroatoms. The van der Waals surface area contributed by atoms with Crippen molar-refractivity contribution in [2.24, 2.45) is 5.92 Å². The highest BCUT2D eigenvalue weighted by atomic mass is 32.2. The second kappa shape index (κ2) is 9.65. The smallest absolute Gasteiger partial charge is 0.416 e. The molecule has 0 aliphatic carbocycles. The number of hydrogen-bond acceptors (Lipinski definition) is 4. The summed E-state index contributed by atoms with van der Waals surface area (Å²) in [5.74, 6) is 1.61. The SMILES string of the molecule is CCSCCC(=O)OCC1CCCN(C)C1c1ccc(C(F)(F)F)cc1. The van der Waals surface area contributed by atoms with Gasteiger partial charge in [-0.25, -0.2) is 0 Å². The Hall–Kier alpha value is -1.21. The molecule has 2 atom stereocenters. The molecule has 1 heterocycles. The third-order valence-corrected chi connectivity index (χ3v) is 5.60. The number of piperidine rings is 1. The summed E-state index contributed by atoms with van der Waals surface area (Å²) in [6, 6.07) is 5.30. The number of carbonyl (C=O) groups excluding carboxylic acids is 1. The van der Waals surface area contributed by atoms with Gasteiger partial charge in [-0.05, 0) is 49.9 Å². The molecule has 0 spiro atoms. The quantitative estimate of drug-likeness (QED) is 0.496. The molecule has 3 nitrogen and oxygen atoms in total. The highest BCUT2D eigenvalue weighted by Gasteiger charge is 2.33. The van der Waals surface area contributed by atoms with Crippen molar-refractivity contribution in [2.45, 2.75) is 38.4 Å². The topological polar surface area (TPSA) is 29.5 Å². The van der Waals surface area contributed by atoms with E-state index in [1.54, 1.807) is 23.9 Å². The largest absolute Gasteiger partial charge is 0.465 e. The Morgan fingerprint density at radius 3 is 2.62 bits per heavy atom. The minimum absolute atomic E-state index is 0.0381. The van der Waals surface area contributed by atoms with Gasteiger partial charge in [-0.1, -0.05) is 19.1 Å². The molecule has 0 amide bonds. The predicted molar refractivity (Wildman–Crippen MR) is 98.1 cm³/mol. The number of carbonyl (C=O) groups is 1. The number of thioether (sulfide) groups is 1. The fourth-order valence-corrected chi connectivity index (χ4v) is 4.00. The van der Waals surface area contributed by atoms with Crippen molar-refractivity contribution < 1.29 is 22.7 Å². The Bertz CT molecular complexity index is 577. The number of benzene rings is 1. The summed E-state index contributed by atoms with van der Waals surface area (Å²) in [6.45, 7) is 3.23. The van der Waals surface area contributed by atoms with Gasteiger partial charge in [0, 0.05) is 17.7 Å². The molecule has 2 rings (SSSR count). The average molecular weight is 389 g/mol. The molecule has 1 saturated heterocycles. The maximum atomic E-state index is 12.8. The molecule has 0 radical (unpaired) electrons. The highest BCUT2D eigenvalue weighted by molar-refractivity contribution is 7.99. The Balaban J connectivity index is 2.02. The van der Waals surface area contributed by atoms with Crippen LogP contribution in [0, 0.1) is 5.92 Å². The van der Waals surface area contributed by atoms with E-state index in [-0.39, 0.29) is 17.9 Å². The number of nitrogens with zero attached hydrogens (tertiary/aromatic N) is 1. The van der Waals surface area contributed by atoms with Gasteiger partial charge in [0.25, 0.3) is 0 Å². The van der Waals surface area contributed by atoms with E-state index in [4.69, 9.17) is 4.74 Å². The van der Waals surface area contributed by atoms with Gasteiger partial charge < -0.3 is 4.74 Å². The van der Waals surface area contributed by atoms with E-state index in [0.717, 1.165) is 48.6 Å². The Kier molecular flexibility index (Phi) is 7.83. The lowest BCUT2D eigenvalue weighted by Gasteiger charge is -2.39. The first-order valence-corrected chi connectivity index (χ1v) is 10.1. The van der Waals surface area contributed by atoms with Crippen LogP contribution in [0.2, 0.25) is 0 Å². The Morgan fingerprint density at radius 1 is 1.31 bits per heavy atom. The van der Waals surface area contributed by atoms with E-state index in [2.05, 4.69) is 4.90 Å². The zero-order valence-corrected chi connectivity index (χ0v) is 16.0. The zero-order valence-electron chi connectivity index (χ0n) is 15.2. The van der Waals surface area contributed by atoms with Crippen molar-refractivity contribution in [1.82, 2.24) is 4.90 Å². The van der Waals surface area contributed by atoms with Crippen molar-refractivity contribution >= 4 is 17.7 Å². The van der Waals surface area contributed by atoms with Gasteiger partial charge in [0.05, 0.1) is 18.6 Å². The van der Waals surface area contributed by atoms with E-state index in [1.165, 1.54) is 0 Å². The molecule has 2 unspecified atom stereocenters. The van der Waals surface area contributed by atoms with Crippen molar-refractivity contribution in [2.75, 3.05) is 31.7 Å². The van der Waals surface area contributed by atoms with Gasteiger partial charge >= 0.3 is 12.1 Å². The van der Waals surface area contributed by atoms with Crippen molar-refractivity contribution in [3.63, 3.8) is 0 Å². The number of hydrogen-bond donors (Lipinski definition) is 0. The second-order valence-corrected chi connectivity index (χ2v) is 7.97. The molecule has 1 aromatic carbocycles. The lowest BCUT2D eigenvalue weighted by atomic mass is 9.85. The summed E-state index contributed by atoms with van der Waals surface area (Å²) in [5, 5.41) is 0. The number of ether oxygens (including phenoxy) is 1.